The zero-order valence-electron chi connectivity index (χ0n) is 11.4. The maximum absolute atomic E-state index is 11.9. The number of ether oxygens (including phenoxy) is 2. The molecule has 1 aromatic carbocycles. The van der Waals surface area contributed by atoms with Crippen LogP contribution in [0.3, 0.4) is 0 Å². The number of nitrogens with one attached hydrogen (secondary N) is 1. The van der Waals surface area contributed by atoms with E-state index >= 15 is 0 Å². The van der Waals surface area contributed by atoms with Gasteiger partial charge in [-0.15, -0.1) is 0 Å². The first-order chi connectivity index (χ1) is 9.67. The van der Waals surface area contributed by atoms with Crippen LogP contribution in [0.4, 0.5) is 4.79 Å². The number of carbonyl (C=O) groups excluding carboxylic acids is 1. The topological polar surface area (TPSA) is 74.5 Å². The lowest BCUT2D eigenvalue weighted by Gasteiger charge is -2.10. The number of nitrogens with zero attached hydrogens (tertiary/aromatic N) is 1. The monoisotopic (exact) mass is 276 g/mol. The van der Waals surface area contributed by atoms with Gasteiger partial charge in [0.15, 0.2) is 11.9 Å². The van der Waals surface area contributed by atoms with Crippen LogP contribution in [0.1, 0.15) is 5.56 Å². The van der Waals surface area contributed by atoms with Crippen LogP contribution in [0.15, 0.2) is 30.5 Å². The van der Waals surface area contributed by atoms with Gasteiger partial charge in [-0.25, -0.2) is 4.79 Å². The van der Waals surface area contributed by atoms with Crippen LogP contribution in [0.5, 0.6) is 5.75 Å². The van der Waals surface area contributed by atoms with Crippen molar-refractivity contribution in [3.63, 3.8) is 0 Å². The summed E-state index contributed by atoms with van der Waals surface area (Å²) in [6.45, 7) is 0.432. The highest BCUT2D eigenvalue weighted by atomic mass is 16.5. The van der Waals surface area contributed by atoms with E-state index in [1.54, 1.807) is 12.1 Å². The normalized spacial score (nSPS) is 10.3. The highest BCUT2D eigenvalue weighted by Crippen LogP contribution is 2.25. The highest BCUT2D eigenvalue weighted by molar-refractivity contribution is 5.85. The van der Waals surface area contributed by atoms with Gasteiger partial charge in [-0.1, -0.05) is 6.07 Å². The van der Waals surface area contributed by atoms with Crippen molar-refractivity contribution in [1.82, 2.24) is 5.32 Å². The summed E-state index contributed by atoms with van der Waals surface area (Å²) in [5.74, 6) is 0.528. The Balaban J connectivity index is 2.31. The van der Waals surface area contributed by atoms with Gasteiger partial charge in [0.05, 0.1) is 19.6 Å². The molecule has 0 bridgehead atoms. The molecule has 0 atom stereocenters. The maximum atomic E-state index is 11.9. The van der Waals surface area contributed by atoms with Gasteiger partial charge in [-0.3, -0.25) is 0 Å². The second kappa shape index (κ2) is 6.10. The SMILES string of the molecule is COC(=O)NCCc1ccc(OC)c2c1ccc[n+]2[O-]. The number of benzene rings is 1. The quantitative estimate of drug-likeness (QED) is 0.676. The summed E-state index contributed by atoms with van der Waals surface area (Å²) in [6, 6.07) is 7.19. The Morgan fingerprint density at radius 3 is 2.85 bits per heavy atom. The smallest absolute Gasteiger partial charge is 0.406 e. The Hall–Kier alpha value is -2.50. The van der Waals surface area contributed by atoms with Crippen molar-refractivity contribution in [2.75, 3.05) is 20.8 Å². The Labute approximate surface area is 116 Å². The van der Waals surface area contributed by atoms with Crippen molar-refractivity contribution < 1.29 is 19.0 Å². The molecule has 0 radical (unpaired) electrons. The molecule has 2 rings (SSSR count). The molecule has 1 heterocycles. The van der Waals surface area contributed by atoms with Crippen molar-refractivity contribution in [3.8, 4) is 5.75 Å². The molecule has 6 nitrogen and oxygen atoms in total. The number of hydrogen-bond donors (Lipinski definition) is 1. The summed E-state index contributed by atoms with van der Waals surface area (Å²) in [7, 11) is 2.85. The molecule has 6 heteroatoms. The fraction of sp³-hybridized carbons (Fsp3) is 0.286. The van der Waals surface area contributed by atoms with Gasteiger partial charge in [0.25, 0.3) is 5.52 Å². The molecular formula is C14H16N2O4. The van der Waals surface area contributed by atoms with E-state index in [4.69, 9.17) is 4.74 Å². The molecule has 0 spiro atoms. The van der Waals surface area contributed by atoms with Crippen LogP contribution in [-0.2, 0) is 11.2 Å². The molecule has 0 fully saturated rings. The third-order valence-electron chi connectivity index (χ3n) is 3.04. The number of alkyl carbamates (subject to hydrolysis) is 1. The molecule has 106 valence electrons. The van der Waals surface area contributed by atoms with Crippen LogP contribution in [0, 0.1) is 5.21 Å². The summed E-state index contributed by atoms with van der Waals surface area (Å²) in [5.41, 5.74) is 1.45. The van der Waals surface area contributed by atoms with E-state index in [1.807, 2.05) is 12.1 Å². The first kappa shape index (κ1) is 13.9. The van der Waals surface area contributed by atoms with Crippen molar-refractivity contribution in [2.24, 2.45) is 0 Å². The van der Waals surface area contributed by atoms with E-state index < -0.39 is 6.09 Å². The van der Waals surface area contributed by atoms with E-state index in [9.17, 15) is 10.0 Å². The van der Waals surface area contributed by atoms with Crippen molar-refractivity contribution in [3.05, 3.63) is 41.2 Å². The third kappa shape index (κ3) is 2.74. The van der Waals surface area contributed by atoms with Crippen molar-refractivity contribution in [2.45, 2.75) is 6.42 Å². The number of rotatable bonds is 4. The molecule has 0 saturated heterocycles. The van der Waals surface area contributed by atoms with Crippen molar-refractivity contribution in [1.29, 1.82) is 0 Å². The zero-order chi connectivity index (χ0) is 14.5. The molecule has 0 unspecified atom stereocenters. The summed E-state index contributed by atoms with van der Waals surface area (Å²) in [4.78, 5) is 11.0. The first-order valence-electron chi connectivity index (χ1n) is 6.17. The number of hydrogen-bond acceptors (Lipinski definition) is 4. The summed E-state index contributed by atoms with van der Waals surface area (Å²) < 4.78 is 10.5. The molecule has 1 N–H and O–H groups in total. The molecular weight excluding hydrogens is 260 g/mol. The lowest BCUT2D eigenvalue weighted by Crippen LogP contribution is -2.27. The number of pyridine rings is 1. The van der Waals surface area contributed by atoms with Gasteiger partial charge in [0.2, 0.25) is 0 Å². The molecule has 1 aromatic heterocycles. The maximum Gasteiger partial charge on any atom is 0.406 e. The van der Waals surface area contributed by atoms with E-state index in [2.05, 4.69) is 10.1 Å². The molecule has 0 saturated carbocycles. The molecule has 2 aromatic rings. The Morgan fingerprint density at radius 2 is 2.15 bits per heavy atom. The standard InChI is InChI=1S/C14H16N2O4/c1-19-12-6-5-10(7-8-15-14(17)20-2)11-4-3-9-16(18)13(11)12/h3-6,9H,7-8H2,1-2H3,(H,15,17). The lowest BCUT2D eigenvalue weighted by atomic mass is 10.0. The van der Waals surface area contributed by atoms with E-state index in [0.29, 0.717) is 24.2 Å². The summed E-state index contributed by atoms with van der Waals surface area (Å²) in [5, 5.41) is 15.3. The summed E-state index contributed by atoms with van der Waals surface area (Å²) in [6.07, 6.45) is 1.56. The third-order valence-corrected chi connectivity index (χ3v) is 3.04. The predicted molar refractivity (Wildman–Crippen MR) is 73.6 cm³/mol. The van der Waals surface area contributed by atoms with Gasteiger partial charge in [-0.05, 0) is 24.1 Å². The highest BCUT2D eigenvalue weighted by Gasteiger charge is 2.14. The number of aromatic nitrogens is 1. The van der Waals surface area contributed by atoms with Crippen LogP contribution >= 0.6 is 0 Å². The van der Waals surface area contributed by atoms with Crippen LogP contribution in [-0.4, -0.2) is 26.9 Å². The van der Waals surface area contributed by atoms with E-state index in [0.717, 1.165) is 15.7 Å². The predicted octanol–water partition coefficient (Wildman–Crippen LogP) is 1.38. The van der Waals surface area contributed by atoms with Gasteiger partial charge in [0, 0.05) is 12.6 Å². The minimum Gasteiger partial charge on any atom is -0.618 e. The molecule has 0 aliphatic rings. The second-order valence-electron chi connectivity index (χ2n) is 4.19. The zero-order valence-corrected chi connectivity index (χ0v) is 11.4. The second-order valence-corrected chi connectivity index (χ2v) is 4.19. The molecule has 0 aliphatic heterocycles. The minimum absolute atomic E-state index is 0.432. The fourth-order valence-corrected chi connectivity index (χ4v) is 2.09. The molecule has 1 amide bonds. The Bertz CT molecular complexity index is 628. The fourth-order valence-electron chi connectivity index (χ4n) is 2.09. The van der Waals surface area contributed by atoms with Crippen LogP contribution < -0.4 is 14.8 Å². The van der Waals surface area contributed by atoms with Gasteiger partial charge >= 0.3 is 6.09 Å². The van der Waals surface area contributed by atoms with Crippen LogP contribution in [0.2, 0.25) is 0 Å². The average molecular weight is 276 g/mol. The van der Waals surface area contributed by atoms with E-state index in [-0.39, 0.29) is 0 Å². The van der Waals surface area contributed by atoms with Gasteiger partial charge < -0.3 is 20.0 Å². The molecule has 20 heavy (non-hydrogen) atoms. The average Bonchev–Trinajstić information content (AvgIpc) is 2.47. The van der Waals surface area contributed by atoms with E-state index in [1.165, 1.54) is 20.4 Å². The minimum atomic E-state index is -0.471. The Morgan fingerprint density at radius 1 is 1.35 bits per heavy atom. The summed E-state index contributed by atoms with van der Waals surface area (Å²) >= 11 is 0. The number of methoxy groups -OCH3 is 2. The largest absolute Gasteiger partial charge is 0.618 e. The molecule has 0 aliphatic carbocycles. The van der Waals surface area contributed by atoms with Gasteiger partial charge in [-0.2, -0.15) is 4.73 Å². The Kier molecular flexibility index (Phi) is 4.24. The lowest BCUT2D eigenvalue weighted by molar-refractivity contribution is -0.577. The number of amides is 1. The number of carbonyl (C=O) groups is 1. The van der Waals surface area contributed by atoms with Gasteiger partial charge in [0.1, 0.15) is 0 Å². The van der Waals surface area contributed by atoms with Crippen LogP contribution in [0.25, 0.3) is 10.9 Å². The number of fused-ring (bicyclic) bond motifs is 1. The van der Waals surface area contributed by atoms with Crippen molar-refractivity contribution >= 4 is 17.0 Å². The first-order valence-corrected chi connectivity index (χ1v) is 6.17.